The van der Waals surface area contributed by atoms with Crippen LogP contribution in [0.25, 0.3) is 22.4 Å². The van der Waals surface area contributed by atoms with E-state index in [4.69, 9.17) is 26.3 Å². The first-order chi connectivity index (χ1) is 16.4. The molecule has 0 saturated heterocycles. The highest BCUT2D eigenvalue weighted by Gasteiger charge is 2.15. The van der Waals surface area contributed by atoms with Crippen LogP contribution in [0.2, 0.25) is 5.02 Å². The minimum Gasteiger partial charge on any atom is -0.450 e. The van der Waals surface area contributed by atoms with Gasteiger partial charge >= 0.3 is 6.09 Å². The molecule has 0 bridgehead atoms. The van der Waals surface area contributed by atoms with Gasteiger partial charge in [0.1, 0.15) is 11.3 Å². The zero-order valence-electron chi connectivity index (χ0n) is 20.3. The van der Waals surface area contributed by atoms with Crippen molar-refractivity contribution in [3.8, 4) is 11.3 Å². The summed E-state index contributed by atoms with van der Waals surface area (Å²) < 4.78 is 5.06. The number of hydrogen-bond donors (Lipinski definition) is 2. The van der Waals surface area contributed by atoms with Gasteiger partial charge in [0.25, 0.3) is 0 Å². The molecule has 8 nitrogen and oxygen atoms in total. The number of amides is 1. The first kappa shape index (κ1) is 25.6. The molecule has 2 N–H and O–H groups in total. The Balaban J connectivity index is 1.86. The highest BCUT2D eigenvalue weighted by Crippen LogP contribution is 2.27. The van der Waals surface area contributed by atoms with Crippen LogP contribution in [0.3, 0.4) is 0 Å². The Morgan fingerprint density at radius 3 is 2.56 bits per heavy atom. The van der Waals surface area contributed by atoms with E-state index in [2.05, 4.69) is 41.3 Å². The van der Waals surface area contributed by atoms with Gasteiger partial charge in [0, 0.05) is 22.7 Å². The number of anilines is 2. The van der Waals surface area contributed by atoms with Crippen molar-refractivity contribution in [2.75, 3.05) is 36.9 Å². The van der Waals surface area contributed by atoms with Crippen molar-refractivity contribution in [3.63, 3.8) is 0 Å². The third kappa shape index (κ3) is 7.01. The number of halogens is 1. The third-order valence-corrected chi connectivity index (χ3v) is 5.82. The van der Waals surface area contributed by atoms with Gasteiger partial charge in [-0.3, -0.25) is 5.32 Å². The molecule has 2 aromatic heterocycles. The summed E-state index contributed by atoms with van der Waals surface area (Å²) in [6.07, 6.45) is 3.19. The molecule has 2 heterocycles. The standard InChI is InChI=1S/C25H33ClN6O2/c1-5-32(6-2)14-8-9-17(4)28-22-15-20(30-25(33)34-7-3)23-24(31-22)29-21(16-27-23)18-10-12-19(26)13-11-18/h10-13,15-17H,5-9,14H2,1-4H3,(H2,28,29,30,31,33). The van der Waals surface area contributed by atoms with E-state index >= 15 is 0 Å². The Morgan fingerprint density at radius 1 is 1.15 bits per heavy atom. The molecule has 0 aliphatic heterocycles. The molecule has 3 aromatic rings. The van der Waals surface area contributed by atoms with Crippen LogP contribution in [0.1, 0.15) is 40.5 Å². The van der Waals surface area contributed by atoms with E-state index in [0.29, 0.717) is 33.4 Å². The number of benzene rings is 1. The van der Waals surface area contributed by atoms with Crippen molar-refractivity contribution in [2.45, 2.75) is 46.6 Å². The summed E-state index contributed by atoms with van der Waals surface area (Å²) in [6.45, 7) is 11.7. The Hall–Kier alpha value is -2.97. The molecule has 1 atom stereocenters. The fourth-order valence-corrected chi connectivity index (χ4v) is 3.82. The number of rotatable bonds is 11. The maximum absolute atomic E-state index is 12.1. The van der Waals surface area contributed by atoms with Crippen LogP contribution in [-0.2, 0) is 4.74 Å². The molecule has 34 heavy (non-hydrogen) atoms. The fraction of sp³-hybridized carbons (Fsp3) is 0.440. The van der Waals surface area contributed by atoms with E-state index in [-0.39, 0.29) is 12.6 Å². The van der Waals surface area contributed by atoms with Gasteiger partial charge in [0.2, 0.25) is 0 Å². The number of fused-ring (bicyclic) bond motifs is 1. The van der Waals surface area contributed by atoms with Crippen molar-refractivity contribution in [1.29, 1.82) is 0 Å². The number of aromatic nitrogens is 3. The van der Waals surface area contributed by atoms with Gasteiger partial charge in [0.05, 0.1) is 24.2 Å². The zero-order valence-corrected chi connectivity index (χ0v) is 21.0. The Labute approximate surface area is 206 Å². The van der Waals surface area contributed by atoms with Crippen molar-refractivity contribution in [2.24, 2.45) is 0 Å². The van der Waals surface area contributed by atoms with Gasteiger partial charge in [0.15, 0.2) is 5.65 Å². The number of carbonyl (C=O) groups excluding carboxylic acids is 1. The quantitative estimate of drug-likeness (QED) is 0.353. The second-order valence-electron chi connectivity index (χ2n) is 8.05. The average Bonchev–Trinajstić information content (AvgIpc) is 2.82. The number of hydrogen-bond acceptors (Lipinski definition) is 7. The van der Waals surface area contributed by atoms with Crippen molar-refractivity contribution in [1.82, 2.24) is 19.9 Å². The summed E-state index contributed by atoms with van der Waals surface area (Å²) >= 11 is 6.02. The Bertz CT molecular complexity index is 1090. The van der Waals surface area contributed by atoms with Crippen molar-refractivity contribution >= 4 is 40.4 Å². The van der Waals surface area contributed by atoms with Gasteiger partial charge in [-0.2, -0.15) is 0 Å². The molecular formula is C25H33ClN6O2. The summed E-state index contributed by atoms with van der Waals surface area (Å²) in [4.78, 5) is 28.5. The first-order valence-electron chi connectivity index (χ1n) is 11.8. The minimum atomic E-state index is -0.545. The SMILES string of the molecule is CCOC(=O)Nc1cc(NC(C)CCCN(CC)CC)nc2nc(-c3ccc(Cl)cc3)cnc12. The molecule has 0 aliphatic rings. The van der Waals surface area contributed by atoms with E-state index in [0.717, 1.165) is 38.0 Å². The molecule has 1 amide bonds. The summed E-state index contributed by atoms with van der Waals surface area (Å²) in [5.41, 5.74) is 2.97. The predicted molar refractivity (Wildman–Crippen MR) is 139 cm³/mol. The van der Waals surface area contributed by atoms with Crippen LogP contribution >= 0.6 is 11.6 Å². The molecule has 182 valence electrons. The molecule has 0 radical (unpaired) electrons. The molecule has 0 saturated carbocycles. The van der Waals surface area contributed by atoms with E-state index in [1.165, 1.54) is 0 Å². The van der Waals surface area contributed by atoms with E-state index < -0.39 is 6.09 Å². The second kappa shape index (κ2) is 12.5. The van der Waals surface area contributed by atoms with Crippen LogP contribution < -0.4 is 10.6 Å². The summed E-state index contributed by atoms with van der Waals surface area (Å²) in [5.74, 6) is 0.622. The molecule has 0 fully saturated rings. The lowest BCUT2D eigenvalue weighted by molar-refractivity contribution is 0.168. The normalized spacial score (nSPS) is 12.1. The molecular weight excluding hydrogens is 452 g/mol. The lowest BCUT2D eigenvalue weighted by Crippen LogP contribution is -2.25. The van der Waals surface area contributed by atoms with Gasteiger partial charge in [-0.1, -0.05) is 37.6 Å². The van der Waals surface area contributed by atoms with Crippen molar-refractivity contribution in [3.05, 3.63) is 41.6 Å². The largest absolute Gasteiger partial charge is 0.450 e. The van der Waals surface area contributed by atoms with E-state index in [9.17, 15) is 4.79 Å². The van der Waals surface area contributed by atoms with Gasteiger partial charge in [-0.05, 0) is 58.5 Å². The predicted octanol–water partition coefficient (Wildman–Crippen LogP) is 5.84. The molecule has 3 rings (SSSR count). The summed E-state index contributed by atoms with van der Waals surface area (Å²) in [7, 11) is 0. The monoisotopic (exact) mass is 484 g/mol. The molecule has 0 spiro atoms. The van der Waals surface area contributed by atoms with Crippen molar-refractivity contribution < 1.29 is 9.53 Å². The lowest BCUT2D eigenvalue weighted by atomic mass is 10.1. The summed E-state index contributed by atoms with van der Waals surface area (Å²) in [5, 5.41) is 6.87. The maximum atomic E-state index is 12.1. The first-order valence-corrected chi connectivity index (χ1v) is 12.2. The fourth-order valence-electron chi connectivity index (χ4n) is 3.69. The third-order valence-electron chi connectivity index (χ3n) is 5.57. The summed E-state index contributed by atoms with van der Waals surface area (Å²) in [6, 6.07) is 9.36. The highest BCUT2D eigenvalue weighted by molar-refractivity contribution is 6.30. The molecule has 1 unspecified atom stereocenters. The Morgan fingerprint density at radius 2 is 1.88 bits per heavy atom. The smallest absolute Gasteiger partial charge is 0.411 e. The van der Waals surface area contributed by atoms with E-state index in [1.807, 2.05) is 24.3 Å². The Kier molecular flexibility index (Phi) is 9.42. The lowest BCUT2D eigenvalue weighted by Gasteiger charge is -2.20. The minimum absolute atomic E-state index is 0.198. The van der Waals surface area contributed by atoms with Crippen LogP contribution in [0, 0.1) is 0 Å². The topological polar surface area (TPSA) is 92.3 Å². The van der Waals surface area contributed by atoms with Gasteiger partial charge < -0.3 is 15.0 Å². The van der Waals surface area contributed by atoms with Crippen LogP contribution in [0.5, 0.6) is 0 Å². The maximum Gasteiger partial charge on any atom is 0.411 e. The van der Waals surface area contributed by atoms with Crippen LogP contribution in [0.15, 0.2) is 36.5 Å². The van der Waals surface area contributed by atoms with Crippen LogP contribution in [0.4, 0.5) is 16.3 Å². The number of nitrogens with one attached hydrogen (secondary N) is 2. The van der Waals surface area contributed by atoms with E-state index in [1.54, 1.807) is 19.2 Å². The average molecular weight is 485 g/mol. The van der Waals surface area contributed by atoms with Crippen LogP contribution in [-0.4, -0.2) is 58.2 Å². The number of pyridine rings is 1. The molecule has 1 aromatic carbocycles. The molecule has 0 aliphatic carbocycles. The number of nitrogens with zero attached hydrogens (tertiary/aromatic N) is 4. The van der Waals surface area contributed by atoms with Gasteiger partial charge in [-0.25, -0.2) is 19.7 Å². The number of ether oxygens (including phenoxy) is 1. The zero-order chi connectivity index (χ0) is 24.5. The second-order valence-corrected chi connectivity index (χ2v) is 8.49. The highest BCUT2D eigenvalue weighted by atomic mass is 35.5. The van der Waals surface area contributed by atoms with Gasteiger partial charge in [-0.15, -0.1) is 0 Å². The molecule has 9 heteroatoms. The number of carbonyl (C=O) groups is 1.